The van der Waals surface area contributed by atoms with Gasteiger partial charge in [-0.15, -0.1) is 0 Å². The summed E-state index contributed by atoms with van der Waals surface area (Å²) in [5.41, 5.74) is 3.50. The molecule has 0 aliphatic carbocycles. The van der Waals surface area contributed by atoms with Gasteiger partial charge in [0.25, 0.3) is 10.0 Å². The average molecular weight is 290 g/mol. The van der Waals surface area contributed by atoms with E-state index in [2.05, 4.69) is 10.0 Å². The van der Waals surface area contributed by atoms with Crippen LogP contribution in [0.25, 0.3) is 0 Å². The van der Waals surface area contributed by atoms with E-state index in [1.807, 2.05) is 39.1 Å². The van der Waals surface area contributed by atoms with Crippen molar-refractivity contribution in [3.05, 3.63) is 53.6 Å². The normalized spacial score (nSPS) is 11.2. The third kappa shape index (κ3) is 3.11. The maximum absolute atomic E-state index is 12.3. The lowest BCUT2D eigenvalue weighted by atomic mass is 10.1. The summed E-state index contributed by atoms with van der Waals surface area (Å²) in [6.45, 7) is 3.85. The molecule has 0 unspecified atom stereocenters. The molecule has 4 nitrogen and oxygen atoms in total. The van der Waals surface area contributed by atoms with E-state index in [1.165, 1.54) is 0 Å². The number of aryl methyl sites for hydroxylation is 2. The van der Waals surface area contributed by atoms with Crippen LogP contribution in [0.5, 0.6) is 0 Å². The molecule has 0 amide bonds. The maximum Gasteiger partial charge on any atom is 0.261 e. The van der Waals surface area contributed by atoms with Crippen LogP contribution in [0.15, 0.2) is 47.4 Å². The van der Waals surface area contributed by atoms with Crippen molar-refractivity contribution in [2.24, 2.45) is 0 Å². The quantitative estimate of drug-likeness (QED) is 0.909. The molecule has 0 aromatic heterocycles. The Morgan fingerprint density at radius 1 is 0.850 bits per heavy atom. The molecule has 0 radical (unpaired) electrons. The molecule has 0 aliphatic heterocycles. The third-order valence-electron chi connectivity index (χ3n) is 3.21. The van der Waals surface area contributed by atoms with Crippen molar-refractivity contribution in [2.75, 3.05) is 17.1 Å². The minimum atomic E-state index is -3.54. The monoisotopic (exact) mass is 290 g/mol. The van der Waals surface area contributed by atoms with Crippen LogP contribution in [0, 0.1) is 13.8 Å². The smallest absolute Gasteiger partial charge is 0.261 e. The number of hydrogen-bond acceptors (Lipinski definition) is 3. The SMILES string of the molecule is CNc1ccc(NS(=O)(=O)c2ccc(C)c(C)c2)cc1. The van der Waals surface area contributed by atoms with Gasteiger partial charge < -0.3 is 5.32 Å². The molecule has 2 aromatic carbocycles. The van der Waals surface area contributed by atoms with Crippen molar-refractivity contribution in [1.82, 2.24) is 0 Å². The first-order valence-electron chi connectivity index (χ1n) is 6.30. The average Bonchev–Trinajstić information content (AvgIpc) is 2.42. The number of benzene rings is 2. The standard InChI is InChI=1S/C15H18N2O2S/c1-11-4-9-15(10-12(11)2)20(18,19)17-14-7-5-13(16-3)6-8-14/h4-10,16-17H,1-3H3. The molecule has 20 heavy (non-hydrogen) atoms. The highest BCUT2D eigenvalue weighted by atomic mass is 32.2. The van der Waals surface area contributed by atoms with Crippen LogP contribution >= 0.6 is 0 Å². The van der Waals surface area contributed by atoms with Crippen molar-refractivity contribution < 1.29 is 8.42 Å². The summed E-state index contributed by atoms with van der Waals surface area (Å²) < 4.78 is 27.2. The number of nitrogens with one attached hydrogen (secondary N) is 2. The van der Waals surface area contributed by atoms with E-state index in [1.54, 1.807) is 24.3 Å². The van der Waals surface area contributed by atoms with Crippen LogP contribution in [0.1, 0.15) is 11.1 Å². The van der Waals surface area contributed by atoms with Gasteiger partial charge >= 0.3 is 0 Å². The maximum atomic E-state index is 12.3. The van der Waals surface area contributed by atoms with Gasteiger partial charge in [-0.2, -0.15) is 0 Å². The summed E-state index contributed by atoms with van der Waals surface area (Å²) in [6.07, 6.45) is 0. The van der Waals surface area contributed by atoms with E-state index < -0.39 is 10.0 Å². The topological polar surface area (TPSA) is 58.2 Å². The first-order chi connectivity index (χ1) is 9.42. The van der Waals surface area contributed by atoms with Gasteiger partial charge in [0.1, 0.15) is 0 Å². The Balaban J connectivity index is 2.27. The van der Waals surface area contributed by atoms with Gasteiger partial charge in [0, 0.05) is 18.4 Å². The predicted molar refractivity (Wildman–Crippen MR) is 82.7 cm³/mol. The predicted octanol–water partition coefficient (Wildman–Crippen LogP) is 3.15. The van der Waals surface area contributed by atoms with Gasteiger partial charge in [-0.1, -0.05) is 6.07 Å². The summed E-state index contributed by atoms with van der Waals surface area (Å²) >= 11 is 0. The highest BCUT2D eigenvalue weighted by molar-refractivity contribution is 7.92. The van der Waals surface area contributed by atoms with Gasteiger partial charge in [0.05, 0.1) is 4.90 Å². The molecular weight excluding hydrogens is 272 g/mol. The van der Waals surface area contributed by atoms with Crippen molar-refractivity contribution in [2.45, 2.75) is 18.7 Å². The van der Waals surface area contributed by atoms with Crippen LogP contribution < -0.4 is 10.0 Å². The molecule has 2 aromatic rings. The Morgan fingerprint density at radius 3 is 2.00 bits per heavy atom. The lowest BCUT2D eigenvalue weighted by Crippen LogP contribution is -2.13. The molecule has 0 heterocycles. The number of anilines is 2. The molecule has 0 spiro atoms. The minimum Gasteiger partial charge on any atom is -0.388 e. The fraction of sp³-hybridized carbons (Fsp3) is 0.200. The highest BCUT2D eigenvalue weighted by Crippen LogP contribution is 2.20. The number of hydrogen-bond donors (Lipinski definition) is 2. The molecule has 0 bridgehead atoms. The third-order valence-corrected chi connectivity index (χ3v) is 4.59. The summed E-state index contributed by atoms with van der Waals surface area (Å²) in [5, 5.41) is 2.99. The van der Waals surface area contributed by atoms with E-state index >= 15 is 0 Å². The number of rotatable bonds is 4. The van der Waals surface area contributed by atoms with Crippen LogP contribution in [-0.2, 0) is 10.0 Å². The zero-order valence-corrected chi connectivity index (χ0v) is 12.6. The Kier molecular flexibility index (Phi) is 3.99. The second-order valence-electron chi connectivity index (χ2n) is 4.68. The zero-order valence-electron chi connectivity index (χ0n) is 11.8. The van der Waals surface area contributed by atoms with E-state index in [0.717, 1.165) is 16.8 Å². The summed E-state index contributed by atoms with van der Waals surface area (Å²) in [5.74, 6) is 0. The lowest BCUT2D eigenvalue weighted by Gasteiger charge is -2.10. The van der Waals surface area contributed by atoms with Gasteiger partial charge in [0.2, 0.25) is 0 Å². The highest BCUT2D eigenvalue weighted by Gasteiger charge is 2.14. The lowest BCUT2D eigenvalue weighted by molar-refractivity contribution is 0.601. The van der Waals surface area contributed by atoms with Crippen LogP contribution in [0.3, 0.4) is 0 Å². The van der Waals surface area contributed by atoms with Gasteiger partial charge in [0.15, 0.2) is 0 Å². The first-order valence-corrected chi connectivity index (χ1v) is 7.78. The molecular formula is C15H18N2O2S. The van der Waals surface area contributed by atoms with Gasteiger partial charge in [-0.05, 0) is 61.4 Å². The minimum absolute atomic E-state index is 0.276. The molecule has 0 atom stereocenters. The Hall–Kier alpha value is -2.01. The van der Waals surface area contributed by atoms with Crippen LogP contribution in [0.4, 0.5) is 11.4 Å². The fourth-order valence-corrected chi connectivity index (χ4v) is 2.94. The molecule has 0 saturated heterocycles. The van der Waals surface area contributed by atoms with Gasteiger partial charge in [-0.25, -0.2) is 8.42 Å². The largest absolute Gasteiger partial charge is 0.388 e. The molecule has 2 rings (SSSR count). The van der Waals surface area contributed by atoms with Crippen molar-refractivity contribution in [3.8, 4) is 0 Å². The Morgan fingerprint density at radius 2 is 1.45 bits per heavy atom. The second kappa shape index (κ2) is 5.54. The van der Waals surface area contributed by atoms with E-state index in [4.69, 9.17) is 0 Å². The molecule has 0 aliphatic rings. The number of sulfonamides is 1. The molecule has 2 N–H and O–H groups in total. The van der Waals surface area contributed by atoms with Crippen molar-refractivity contribution >= 4 is 21.4 Å². The van der Waals surface area contributed by atoms with Crippen molar-refractivity contribution in [3.63, 3.8) is 0 Å². The van der Waals surface area contributed by atoms with Crippen molar-refractivity contribution in [1.29, 1.82) is 0 Å². The molecule has 0 fully saturated rings. The van der Waals surface area contributed by atoms with Gasteiger partial charge in [-0.3, -0.25) is 4.72 Å². The zero-order chi connectivity index (χ0) is 14.8. The summed E-state index contributed by atoms with van der Waals surface area (Å²) in [6, 6.07) is 12.2. The Labute approximate surface area is 119 Å². The van der Waals surface area contributed by atoms with E-state index in [0.29, 0.717) is 5.69 Å². The van der Waals surface area contributed by atoms with Crippen LogP contribution in [0.2, 0.25) is 0 Å². The van der Waals surface area contributed by atoms with E-state index in [-0.39, 0.29) is 4.90 Å². The van der Waals surface area contributed by atoms with E-state index in [9.17, 15) is 8.42 Å². The summed E-state index contributed by atoms with van der Waals surface area (Å²) in [4.78, 5) is 0.276. The molecule has 0 saturated carbocycles. The molecule has 106 valence electrons. The second-order valence-corrected chi connectivity index (χ2v) is 6.36. The summed E-state index contributed by atoms with van der Waals surface area (Å²) in [7, 11) is -1.73. The fourth-order valence-electron chi connectivity index (χ4n) is 1.80. The Bertz CT molecular complexity index is 707. The first kappa shape index (κ1) is 14.4. The van der Waals surface area contributed by atoms with Crippen LogP contribution in [-0.4, -0.2) is 15.5 Å². The molecule has 5 heteroatoms.